The minimum absolute atomic E-state index is 0.0205. The van der Waals surface area contributed by atoms with Gasteiger partial charge in [0.15, 0.2) is 0 Å². The van der Waals surface area contributed by atoms with E-state index >= 15 is 0 Å². The van der Waals surface area contributed by atoms with Crippen molar-refractivity contribution in [2.75, 3.05) is 47.2 Å². The maximum Gasteiger partial charge on any atom is 0.294 e. The van der Waals surface area contributed by atoms with Crippen molar-refractivity contribution in [3.8, 4) is 0 Å². The molecule has 3 rings (SSSR count). The summed E-state index contributed by atoms with van der Waals surface area (Å²) in [4.78, 5) is 14.3. The molecule has 0 radical (unpaired) electrons. The Balaban J connectivity index is 1.80. The fraction of sp³-hybridized carbons (Fsp3) is 0.471. The van der Waals surface area contributed by atoms with Crippen LogP contribution in [0.25, 0.3) is 0 Å². The Kier molecular flexibility index (Phi) is 8.12. The van der Waals surface area contributed by atoms with Crippen LogP contribution >= 0.6 is 0 Å². The summed E-state index contributed by atoms with van der Waals surface area (Å²) in [5.74, 6) is -0.257. The van der Waals surface area contributed by atoms with E-state index in [2.05, 4.69) is 30.3 Å². The number of aromatic nitrogens is 3. The molecule has 18 heteroatoms. The molecule has 0 unspecified atom stereocenters. The van der Waals surface area contributed by atoms with Crippen molar-refractivity contribution in [3.63, 3.8) is 0 Å². The number of rotatable bonds is 10. The largest absolute Gasteiger partial charge is 0.353 e. The minimum atomic E-state index is -4.36. The molecule has 2 heterocycles. The first-order valence-corrected chi connectivity index (χ1v) is 15.1. The number of hydrogen-bond acceptors (Lipinski definition) is 12. The molecular weight excluding hydrogens is 526 g/mol. The summed E-state index contributed by atoms with van der Waals surface area (Å²) in [5.41, 5.74) is 0.398. The fourth-order valence-electron chi connectivity index (χ4n) is 3.27. The summed E-state index contributed by atoms with van der Waals surface area (Å²) in [7, 11) is -11.9. The number of benzene rings is 1. The van der Waals surface area contributed by atoms with Crippen LogP contribution in [0.5, 0.6) is 0 Å². The monoisotopic (exact) mass is 551 g/mol. The maximum atomic E-state index is 11.5. The molecule has 5 N–H and O–H groups in total. The van der Waals surface area contributed by atoms with Gasteiger partial charge in [0.25, 0.3) is 20.2 Å². The van der Waals surface area contributed by atoms with Crippen LogP contribution in [0.4, 0.5) is 23.5 Å². The Labute approximate surface area is 202 Å². The van der Waals surface area contributed by atoms with E-state index in [4.69, 9.17) is 9.11 Å². The average Bonchev–Trinajstić information content (AvgIpc) is 2.72. The lowest BCUT2D eigenvalue weighted by Gasteiger charge is -2.32. The Morgan fingerprint density at radius 2 is 1.54 bits per heavy atom. The Morgan fingerprint density at radius 3 is 2.09 bits per heavy atom. The van der Waals surface area contributed by atoms with Crippen molar-refractivity contribution in [2.24, 2.45) is 0 Å². The van der Waals surface area contributed by atoms with E-state index in [1.807, 2.05) is 4.90 Å². The molecule has 0 spiro atoms. The molecule has 0 bridgehead atoms. The molecule has 15 nitrogen and oxygen atoms in total. The second-order valence-electron chi connectivity index (χ2n) is 7.77. The highest BCUT2D eigenvalue weighted by Crippen LogP contribution is 2.22. The molecule has 1 aliphatic rings. The van der Waals surface area contributed by atoms with Gasteiger partial charge in [0.2, 0.25) is 27.9 Å². The molecular formula is C17H25N7O8S3. The van der Waals surface area contributed by atoms with E-state index in [0.29, 0.717) is 31.6 Å². The van der Waals surface area contributed by atoms with Crippen LogP contribution in [-0.2, 0) is 30.3 Å². The van der Waals surface area contributed by atoms with Crippen LogP contribution in [0.15, 0.2) is 29.2 Å². The van der Waals surface area contributed by atoms with Gasteiger partial charge in [-0.25, -0.2) is 13.1 Å². The van der Waals surface area contributed by atoms with Gasteiger partial charge >= 0.3 is 0 Å². The molecule has 1 aromatic carbocycles. The molecule has 1 fully saturated rings. The quantitative estimate of drug-likeness (QED) is 0.239. The second kappa shape index (κ2) is 10.5. The highest BCUT2D eigenvalue weighted by molar-refractivity contribution is 7.88. The second-order valence-corrected chi connectivity index (χ2v) is 12.5. The standard InChI is InChI=1S/C17H25N7O8S3/c1-33(25,26)23-13-6-9-24(10-7-13)17-21-15(18-8-11-34(27,28)29)20-16(22-17)19-12-2-4-14(5-3-12)35(30,31)32/h2-5,13,23H,6-11H2,1H3,(H,27,28,29)(H,30,31,32)(H2,18,19,20,21,22). The fourth-order valence-corrected chi connectivity index (χ4v) is 4.95. The highest BCUT2D eigenvalue weighted by Gasteiger charge is 2.24. The molecule has 2 aromatic rings. The van der Waals surface area contributed by atoms with E-state index in [1.54, 1.807) is 0 Å². The number of anilines is 4. The van der Waals surface area contributed by atoms with Crippen LogP contribution in [0, 0.1) is 0 Å². The first-order valence-electron chi connectivity index (χ1n) is 10.2. The molecule has 1 saturated heterocycles. The van der Waals surface area contributed by atoms with Gasteiger partial charge in [-0.2, -0.15) is 31.8 Å². The number of nitrogens with zero attached hydrogens (tertiary/aromatic N) is 4. The maximum absolute atomic E-state index is 11.5. The van der Waals surface area contributed by atoms with Crippen LogP contribution in [0.1, 0.15) is 12.8 Å². The third kappa shape index (κ3) is 8.82. The Morgan fingerprint density at radius 1 is 0.943 bits per heavy atom. The predicted molar refractivity (Wildman–Crippen MR) is 127 cm³/mol. The molecule has 194 valence electrons. The molecule has 1 aromatic heterocycles. The lowest BCUT2D eigenvalue weighted by atomic mass is 10.1. The number of nitrogens with one attached hydrogen (secondary N) is 3. The van der Waals surface area contributed by atoms with Gasteiger partial charge in [-0.1, -0.05) is 0 Å². The van der Waals surface area contributed by atoms with Crippen LogP contribution < -0.4 is 20.3 Å². The van der Waals surface area contributed by atoms with E-state index in [-0.39, 0.29) is 35.3 Å². The summed E-state index contributed by atoms with van der Waals surface area (Å²) in [6.45, 7) is 0.694. The molecule has 0 aliphatic carbocycles. The van der Waals surface area contributed by atoms with E-state index in [9.17, 15) is 25.3 Å². The van der Waals surface area contributed by atoms with Gasteiger partial charge in [-0.3, -0.25) is 9.11 Å². The SMILES string of the molecule is CS(=O)(=O)NC1CCN(c2nc(NCCS(=O)(=O)O)nc(Nc3ccc(S(=O)(=O)O)cc3)n2)CC1. The van der Waals surface area contributed by atoms with Crippen molar-refractivity contribution in [2.45, 2.75) is 23.8 Å². The molecule has 35 heavy (non-hydrogen) atoms. The topological polar surface area (TPSA) is 221 Å². The number of hydrogen-bond donors (Lipinski definition) is 5. The van der Waals surface area contributed by atoms with Crippen molar-refractivity contribution >= 4 is 53.8 Å². The van der Waals surface area contributed by atoms with Crippen LogP contribution in [-0.4, -0.2) is 87.0 Å². The van der Waals surface area contributed by atoms with E-state index in [1.165, 1.54) is 24.3 Å². The van der Waals surface area contributed by atoms with Crippen LogP contribution in [0.3, 0.4) is 0 Å². The third-order valence-corrected chi connectivity index (χ3v) is 7.18. The zero-order chi connectivity index (χ0) is 25.9. The van der Waals surface area contributed by atoms with Gasteiger partial charge in [0.05, 0.1) is 16.9 Å². The summed E-state index contributed by atoms with van der Waals surface area (Å²) in [6.07, 6.45) is 2.10. The van der Waals surface area contributed by atoms with Gasteiger partial charge in [-0.05, 0) is 37.1 Å². The predicted octanol–water partition coefficient (Wildman–Crippen LogP) is -0.320. The zero-order valence-corrected chi connectivity index (χ0v) is 20.9. The van der Waals surface area contributed by atoms with Crippen molar-refractivity contribution in [3.05, 3.63) is 24.3 Å². The molecule has 0 atom stereocenters. The van der Waals surface area contributed by atoms with Gasteiger partial charge in [0, 0.05) is 31.4 Å². The summed E-state index contributed by atoms with van der Waals surface area (Å²) in [5, 5.41) is 5.59. The number of piperidine rings is 1. The van der Waals surface area contributed by atoms with Crippen molar-refractivity contribution < 1.29 is 34.4 Å². The number of sulfonamides is 1. The van der Waals surface area contributed by atoms with Crippen molar-refractivity contribution in [1.82, 2.24) is 19.7 Å². The Hall–Kier alpha value is -2.64. The van der Waals surface area contributed by atoms with Crippen molar-refractivity contribution in [1.29, 1.82) is 0 Å². The molecule has 1 aliphatic heterocycles. The van der Waals surface area contributed by atoms with Gasteiger partial charge in [0.1, 0.15) is 0 Å². The zero-order valence-electron chi connectivity index (χ0n) is 18.5. The molecule has 0 amide bonds. The summed E-state index contributed by atoms with van der Waals surface area (Å²) in [6, 6.07) is 4.92. The Bertz CT molecular complexity index is 1360. The summed E-state index contributed by atoms with van der Waals surface area (Å²) < 4.78 is 88.0. The van der Waals surface area contributed by atoms with Gasteiger partial charge < -0.3 is 15.5 Å². The normalized spacial score (nSPS) is 15.7. The first-order chi connectivity index (χ1) is 16.2. The third-order valence-electron chi connectivity index (χ3n) is 4.83. The summed E-state index contributed by atoms with van der Waals surface area (Å²) >= 11 is 0. The lowest BCUT2D eigenvalue weighted by molar-refractivity contribution is 0.458. The molecule has 0 saturated carbocycles. The minimum Gasteiger partial charge on any atom is -0.353 e. The van der Waals surface area contributed by atoms with E-state index < -0.39 is 36.0 Å². The van der Waals surface area contributed by atoms with Crippen LogP contribution in [0.2, 0.25) is 0 Å². The first kappa shape index (κ1) is 27.0. The van der Waals surface area contributed by atoms with E-state index in [0.717, 1.165) is 6.26 Å². The van der Waals surface area contributed by atoms with Gasteiger partial charge in [-0.15, -0.1) is 0 Å². The average molecular weight is 552 g/mol. The smallest absolute Gasteiger partial charge is 0.294 e. The lowest BCUT2D eigenvalue weighted by Crippen LogP contribution is -2.44. The highest BCUT2D eigenvalue weighted by atomic mass is 32.2.